The molecule has 0 unspecified atom stereocenters. The molecule has 0 fully saturated rings. The third-order valence-corrected chi connectivity index (χ3v) is 4.88. The molecule has 0 amide bonds. The highest BCUT2D eigenvalue weighted by Gasteiger charge is 1.96. The summed E-state index contributed by atoms with van der Waals surface area (Å²) in [5.74, 6) is 0. The van der Waals surface area contributed by atoms with Crippen molar-refractivity contribution in [2.24, 2.45) is 0 Å². The van der Waals surface area contributed by atoms with E-state index in [1.807, 2.05) is 0 Å². The molecular weight excluding hydrogens is 276 g/mol. The fourth-order valence-corrected chi connectivity index (χ4v) is 3.33. The minimum absolute atomic E-state index is 1.22. The van der Waals surface area contributed by atoms with Gasteiger partial charge in [0, 0.05) is 0 Å². The van der Waals surface area contributed by atoms with Crippen LogP contribution in [0, 0.1) is 0 Å². The van der Waals surface area contributed by atoms with Gasteiger partial charge in [-0.05, 0) is 30.4 Å². The monoisotopic (exact) mass is 316 g/mol. The second kappa shape index (κ2) is 14.8. The third-order valence-electron chi connectivity index (χ3n) is 4.88. The Morgan fingerprint density at radius 3 is 1.26 bits per heavy atom. The van der Waals surface area contributed by atoms with Gasteiger partial charge >= 0.3 is 0 Å². The quantitative estimate of drug-likeness (QED) is 0.289. The van der Waals surface area contributed by atoms with Crippen LogP contribution in [0.4, 0.5) is 0 Å². The summed E-state index contributed by atoms with van der Waals surface area (Å²) in [6.45, 7) is 4.54. The maximum Gasteiger partial charge on any atom is -0.0279 e. The molecule has 0 radical (unpaired) electrons. The number of hydrogen-bond acceptors (Lipinski definition) is 0. The molecule has 0 aliphatic heterocycles. The predicted molar refractivity (Wildman–Crippen MR) is 105 cm³/mol. The van der Waals surface area contributed by atoms with Gasteiger partial charge in [-0.3, -0.25) is 0 Å². The van der Waals surface area contributed by atoms with Crippen LogP contribution < -0.4 is 0 Å². The maximum absolute atomic E-state index is 2.34. The van der Waals surface area contributed by atoms with E-state index in [2.05, 4.69) is 38.1 Å². The molecule has 1 rings (SSSR count). The Labute approximate surface area is 146 Å². The molecule has 0 heterocycles. The lowest BCUT2D eigenvalue weighted by molar-refractivity contribution is 0.544. The molecule has 0 spiro atoms. The number of hydrogen-bond donors (Lipinski definition) is 0. The zero-order chi connectivity index (χ0) is 16.6. The molecule has 0 aliphatic carbocycles. The Balaban J connectivity index is 1.87. The largest absolute Gasteiger partial charge is 0.0654 e. The van der Waals surface area contributed by atoms with E-state index in [9.17, 15) is 0 Å². The Morgan fingerprint density at radius 1 is 0.435 bits per heavy atom. The fourth-order valence-electron chi connectivity index (χ4n) is 3.33. The zero-order valence-corrected chi connectivity index (χ0v) is 15.9. The number of benzene rings is 1. The summed E-state index contributed by atoms with van der Waals surface area (Å²) >= 11 is 0. The van der Waals surface area contributed by atoms with Gasteiger partial charge in [0.15, 0.2) is 0 Å². The van der Waals surface area contributed by atoms with Crippen molar-refractivity contribution in [3.63, 3.8) is 0 Å². The molecule has 0 aromatic heterocycles. The smallest absolute Gasteiger partial charge is 0.0279 e. The van der Waals surface area contributed by atoms with Crippen molar-refractivity contribution < 1.29 is 0 Å². The van der Waals surface area contributed by atoms with Crippen molar-refractivity contribution in [3.05, 3.63) is 35.4 Å². The van der Waals surface area contributed by atoms with Crippen LogP contribution in [0.15, 0.2) is 24.3 Å². The molecule has 23 heavy (non-hydrogen) atoms. The van der Waals surface area contributed by atoms with Gasteiger partial charge in [-0.2, -0.15) is 0 Å². The average molecular weight is 317 g/mol. The molecule has 1 aromatic carbocycles. The number of rotatable bonds is 15. The minimum Gasteiger partial charge on any atom is -0.0654 e. The molecule has 0 bridgehead atoms. The molecule has 0 saturated heterocycles. The van der Waals surface area contributed by atoms with Gasteiger partial charge in [-0.25, -0.2) is 0 Å². The van der Waals surface area contributed by atoms with Gasteiger partial charge in [0.1, 0.15) is 0 Å². The van der Waals surface area contributed by atoms with Gasteiger partial charge < -0.3 is 0 Å². The van der Waals surface area contributed by atoms with E-state index in [-0.39, 0.29) is 0 Å². The van der Waals surface area contributed by atoms with Crippen LogP contribution in [-0.2, 0) is 12.8 Å². The number of unbranched alkanes of at least 4 members (excludes halogenated alkanes) is 11. The second-order valence-corrected chi connectivity index (χ2v) is 7.21. The van der Waals surface area contributed by atoms with Crippen molar-refractivity contribution in [1.82, 2.24) is 0 Å². The first-order valence-corrected chi connectivity index (χ1v) is 10.4. The summed E-state index contributed by atoms with van der Waals surface area (Å²) in [5.41, 5.74) is 3.02. The summed E-state index contributed by atoms with van der Waals surface area (Å²) in [6.07, 6.45) is 21.0. The normalized spacial score (nSPS) is 11.0. The van der Waals surface area contributed by atoms with E-state index in [1.54, 1.807) is 0 Å². The van der Waals surface area contributed by atoms with Crippen molar-refractivity contribution in [2.75, 3.05) is 0 Å². The van der Waals surface area contributed by atoms with E-state index < -0.39 is 0 Å². The molecule has 0 atom stereocenters. The first-order valence-electron chi connectivity index (χ1n) is 10.4. The first-order chi connectivity index (χ1) is 11.4. The summed E-state index contributed by atoms with van der Waals surface area (Å²) in [7, 11) is 0. The Kier molecular flexibility index (Phi) is 13.0. The highest BCUT2D eigenvalue weighted by molar-refractivity contribution is 5.22. The second-order valence-electron chi connectivity index (χ2n) is 7.21. The van der Waals surface area contributed by atoms with E-state index in [1.165, 1.54) is 107 Å². The molecule has 1 aromatic rings. The van der Waals surface area contributed by atoms with Crippen LogP contribution >= 0.6 is 0 Å². The Bertz CT molecular complexity index is 349. The summed E-state index contributed by atoms with van der Waals surface area (Å²) in [4.78, 5) is 0. The highest BCUT2D eigenvalue weighted by atomic mass is 14.0. The molecule has 0 saturated carbocycles. The lowest BCUT2D eigenvalue weighted by Crippen LogP contribution is -1.88. The van der Waals surface area contributed by atoms with Crippen LogP contribution in [0.5, 0.6) is 0 Å². The molecule has 0 heteroatoms. The third kappa shape index (κ3) is 11.4. The van der Waals surface area contributed by atoms with Crippen LogP contribution in [-0.4, -0.2) is 0 Å². The summed E-state index contributed by atoms with van der Waals surface area (Å²) in [5, 5.41) is 0. The van der Waals surface area contributed by atoms with Crippen molar-refractivity contribution in [2.45, 2.75) is 110 Å². The SMILES string of the molecule is CCCCCCCCCCCCCCc1ccc(CCC)cc1. The lowest BCUT2D eigenvalue weighted by atomic mass is 10.0. The summed E-state index contributed by atoms with van der Waals surface area (Å²) in [6, 6.07) is 9.31. The van der Waals surface area contributed by atoms with Crippen LogP contribution in [0.3, 0.4) is 0 Å². The Hall–Kier alpha value is -0.780. The lowest BCUT2D eigenvalue weighted by Gasteiger charge is -2.04. The van der Waals surface area contributed by atoms with Crippen LogP contribution in [0.25, 0.3) is 0 Å². The van der Waals surface area contributed by atoms with Gasteiger partial charge in [0.05, 0.1) is 0 Å². The van der Waals surface area contributed by atoms with Gasteiger partial charge in [-0.15, -0.1) is 0 Å². The van der Waals surface area contributed by atoms with Crippen molar-refractivity contribution in [1.29, 1.82) is 0 Å². The Morgan fingerprint density at radius 2 is 0.826 bits per heavy atom. The van der Waals surface area contributed by atoms with E-state index >= 15 is 0 Å². The van der Waals surface area contributed by atoms with E-state index in [0.717, 1.165) is 0 Å². The molecule has 132 valence electrons. The van der Waals surface area contributed by atoms with Gasteiger partial charge in [-0.1, -0.05) is 115 Å². The van der Waals surface area contributed by atoms with Gasteiger partial charge in [0.2, 0.25) is 0 Å². The van der Waals surface area contributed by atoms with E-state index in [4.69, 9.17) is 0 Å². The zero-order valence-electron chi connectivity index (χ0n) is 15.9. The fraction of sp³-hybridized carbons (Fsp3) is 0.739. The first kappa shape index (κ1) is 20.3. The van der Waals surface area contributed by atoms with Crippen molar-refractivity contribution >= 4 is 0 Å². The van der Waals surface area contributed by atoms with Crippen molar-refractivity contribution in [3.8, 4) is 0 Å². The topological polar surface area (TPSA) is 0 Å². The minimum atomic E-state index is 1.22. The number of aryl methyl sites for hydroxylation is 2. The van der Waals surface area contributed by atoms with Gasteiger partial charge in [0.25, 0.3) is 0 Å². The highest BCUT2D eigenvalue weighted by Crippen LogP contribution is 2.14. The molecule has 0 N–H and O–H groups in total. The van der Waals surface area contributed by atoms with Crippen LogP contribution in [0.2, 0.25) is 0 Å². The average Bonchev–Trinajstić information content (AvgIpc) is 2.57. The molecule has 0 nitrogen and oxygen atoms in total. The maximum atomic E-state index is 2.34. The van der Waals surface area contributed by atoms with E-state index in [0.29, 0.717) is 0 Å². The molecule has 0 aliphatic rings. The predicted octanol–water partition coefficient (Wildman–Crippen LogP) is 7.88. The standard InChI is InChI=1S/C23H40/c1-3-5-6-7-8-9-10-11-12-13-14-15-17-23-20-18-22(16-4-2)19-21-23/h18-21H,3-17H2,1-2H3. The molecular formula is C23H40. The summed E-state index contributed by atoms with van der Waals surface area (Å²) < 4.78 is 0. The van der Waals surface area contributed by atoms with Crippen LogP contribution in [0.1, 0.15) is 108 Å².